The summed E-state index contributed by atoms with van der Waals surface area (Å²) in [7, 11) is 0. The van der Waals surface area contributed by atoms with Crippen LogP contribution in [0, 0.1) is 5.92 Å². The summed E-state index contributed by atoms with van der Waals surface area (Å²) in [4.78, 5) is 12.4. The zero-order chi connectivity index (χ0) is 14.1. The van der Waals surface area contributed by atoms with Gasteiger partial charge >= 0.3 is 0 Å². The van der Waals surface area contributed by atoms with Gasteiger partial charge in [-0.05, 0) is 18.0 Å². The minimum atomic E-state index is -0.0483. The predicted octanol–water partition coefficient (Wildman–Crippen LogP) is 2.96. The molecule has 0 saturated heterocycles. The molecule has 114 valence electrons. The average Bonchev–Trinajstić information content (AvgIpc) is 2.45. The fourth-order valence-electron chi connectivity index (χ4n) is 2.20. The largest absolute Gasteiger partial charge is 0.354 e. The average molecular weight is 299 g/mol. The van der Waals surface area contributed by atoms with E-state index in [1.807, 2.05) is 30.3 Å². The van der Waals surface area contributed by atoms with Crippen molar-refractivity contribution in [2.24, 2.45) is 5.92 Å². The van der Waals surface area contributed by atoms with Gasteiger partial charge in [0.25, 0.3) is 0 Å². The maximum atomic E-state index is 12.4. The molecule has 2 N–H and O–H groups in total. The van der Waals surface area contributed by atoms with Gasteiger partial charge in [-0.2, -0.15) is 0 Å². The highest BCUT2D eigenvalue weighted by molar-refractivity contribution is 5.85. The van der Waals surface area contributed by atoms with Gasteiger partial charge in [-0.25, -0.2) is 0 Å². The molecule has 4 heteroatoms. The van der Waals surface area contributed by atoms with Crippen molar-refractivity contribution in [1.82, 2.24) is 10.6 Å². The van der Waals surface area contributed by atoms with Crippen LogP contribution in [0.3, 0.4) is 0 Å². The molecule has 1 aromatic carbocycles. The van der Waals surface area contributed by atoms with Crippen LogP contribution in [0.5, 0.6) is 0 Å². The van der Waals surface area contributed by atoms with E-state index in [0.29, 0.717) is 12.5 Å². The summed E-state index contributed by atoms with van der Waals surface area (Å²) in [5, 5.41) is 6.24. The third-order valence-electron chi connectivity index (χ3n) is 3.51. The molecule has 0 aliphatic carbocycles. The van der Waals surface area contributed by atoms with Crippen molar-refractivity contribution in [1.29, 1.82) is 0 Å². The molecular weight excluding hydrogens is 272 g/mol. The van der Waals surface area contributed by atoms with E-state index in [1.165, 1.54) is 0 Å². The Hall–Kier alpha value is -1.06. The molecule has 1 amide bonds. The van der Waals surface area contributed by atoms with E-state index < -0.39 is 0 Å². The van der Waals surface area contributed by atoms with Gasteiger partial charge < -0.3 is 10.6 Å². The summed E-state index contributed by atoms with van der Waals surface area (Å²) in [5.41, 5.74) is 1.11. The van der Waals surface area contributed by atoms with Gasteiger partial charge in [0, 0.05) is 13.1 Å². The summed E-state index contributed by atoms with van der Waals surface area (Å²) >= 11 is 0. The highest BCUT2D eigenvalue weighted by atomic mass is 35.5. The molecule has 0 bridgehead atoms. The molecule has 0 heterocycles. The van der Waals surface area contributed by atoms with Crippen LogP contribution in [-0.2, 0) is 4.79 Å². The molecule has 0 saturated carbocycles. The monoisotopic (exact) mass is 298 g/mol. The Bertz CT molecular complexity index is 370. The molecule has 2 unspecified atom stereocenters. The third-order valence-corrected chi connectivity index (χ3v) is 3.51. The van der Waals surface area contributed by atoms with Crippen LogP contribution in [0.15, 0.2) is 30.3 Å². The normalized spacial score (nSPS) is 13.2. The maximum absolute atomic E-state index is 12.4. The fraction of sp³-hybridized carbons (Fsp3) is 0.562. The Balaban J connectivity index is 0.00000361. The Morgan fingerprint density at radius 3 is 2.35 bits per heavy atom. The molecule has 0 spiro atoms. The number of carbonyl (C=O) groups excluding carboxylic acids is 1. The van der Waals surface area contributed by atoms with Crippen molar-refractivity contribution in [3.63, 3.8) is 0 Å². The van der Waals surface area contributed by atoms with Gasteiger partial charge in [0.15, 0.2) is 0 Å². The van der Waals surface area contributed by atoms with Crippen molar-refractivity contribution in [2.75, 3.05) is 19.6 Å². The molecule has 3 nitrogen and oxygen atoms in total. The summed E-state index contributed by atoms with van der Waals surface area (Å²) in [6.07, 6.45) is 1.00. The first kappa shape index (κ1) is 18.9. The first-order chi connectivity index (χ1) is 9.20. The SMILES string of the molecule is CCNCCNC(=O)C(c1ccccc1)C(C)CC.Cl. The molecule has 1 aromatic rings. The Labute approximate surface area is 128 Å². The summed E-state index contributed by atoms with van der Waals surface area (Å²) < 4.78 is 0. The minimum Gasteiger partial charge on any atom is -0.354 e. The Morgan fingerprint density at radius 1 is 1.15 bits per heavy atom. The fourth-order valence-corrected chi connectivity index (χ4v) is 2.20. The minimum absolute atomic E-state index is 0. The second kappa shape index (κ2) is 10.7. The molecule has 2 atom stereocenters. The Morgan fingerprint density at radius 2 is 1.80 bits per heavy atom. The van der Waals surface area contributed by atoms with E-state index in [4.69, 9.17) is 0 Å². The van der Waals surface area contributed by atoms with E-state index in [9.17, 15) is 4.79 Å². The van der Waals surface area contributed by atoms with E-state index in [2.05, 4.69) is 31.4 Å². The van der Waals surface area contributed by atoms with Crippen LogP contribution in [0.25, 0.3) is 0 Å². The maximum Gasteiger partial charge on any atom is 0.227 e. The molecule has 0 aliphatic rings. The second-order valence-corrected chi connectivity index (χ2v) is 4.92. The summed E-state index contributed by atoms with van der Waals surface area (Å²) in [5.74, 6) is 0.438. The number of carbonyl (C=O) groups is 1. The lowest BCUT2D eigenvalue weighted by Crippen LogP contribution is -2.37. The topological polar surface area (TPSA) is 41.1 Å². The van der Waals surface area contributed by atoms with Crippen molar-refractivity contribution >= 4 is 18.3 Å². The van der Waals surface area contributed by atoms with Crippen LogP contribution in [0.1, 0.15) is 38.7 Å². The van der Waals surface area contributed by atoms with Gasteiger partial charge in [-0.15, -0.1) is 12.4 Å². The number of likely N-dealkylation sites (N-methyl/N-ethyl adjacent to an activating group) is 1. The van der Waals surface area contributed by atoms with E-state index in [0.717, 1.165) is 25.1 Å². The molecule has 1 rings (SSSR count). The quantitative estimate of drug-likeness (QED) is 0.725. The van der Waals surface area contributed by atoms with E-state index >= 15 is 0 Å². The van der Waals surface area contributed by atoms with Crippen LogP contribution < -0.4 is 10.6 Å². The molecule has 20 heavy (non-hydrogen) atoms. The highest BCUT2D eigenvalue weighted by Crippen LogP contribution is 2.26. The number of benzene rings is 1. The molecular formula is C16H27ClN2O. The van der Waals surface area contributed by atoms with Gasteiger partial charge in [-0.3, -0.25) is 4.79 Å². The molecule has 0 aliphatic heterocycles. The summed E-state index contributed by atoms with van der Waals surface area (Å²) in [6, 6.07) is 10.1. The zero-order valence-corrected chi connectivity index (χ0v) is 13.5. The number of nitrogens with one attached hydrogen (secondary N) is 2. The standard InChI is InChI=1S/C16H26N2O.ClH/c1-4-13(3)15(14-9-7-6-8-10-14)16(19)18-12-11-17-5-2;/h6-10,13,15,17H,4-5,11-12H2,1-3H3,(H,18,19);1H. The third kappa shape index (κ3) is 5.93. The lowest BCUT2D eigenvalue weighted by Gasteiger charge is -2.22. The first-order valence-electron chi connectivity index (χ1n) is 7.24. The van der Waals surface area contributed by atoms with Gasteiger partial charge in [0.05, 0.1) is 5.92 Å². The van der Waals surface area contributed by atoms with E-state index in [-0.39, 0.29) is 24.2 Å². The second-order valence-electron chi connectivity index (χ2n) is 4.92. The van der Waals surface area contributed by atoms with Crippen LogP contribution in [0.2, 0.25) is 0 Å². The van der Waals surface area contributed by atoms with Crippen molar-refractivity contribution in [3.05, 3.63) is 35.9 Å². The van der Waals surface area contributed by atoms with Crippen molar-refractivity contribution < 1.29 is 4.79 Å². The number of hydrogen-bond donors (Lipinski definition) is 2. The number of amides is 1. The Kier molecular flexibility index (Phi) is 10.1. The first-order valence-corrected chi connectivity index (χ1v) is 7.24. The zero-order valence-electron chi connectivity index (χ0n) is 12.7. The van der Waals surface area contributed by atoms with Crippen molar-refractivity contribution in [2.45, 2.75) is 33.1 Å². The van der Waals surface area contributed by atoms with E-state index in [1.54, 1.807) is 0 Å². The summed E-state index contributed by atoms with van der Waals surface area (Å²) in [6.45, 7) is 8.78. The number of rotatable bonds is 8. The van der Waals surface area contributed by atoms with Gasteiger partial charge in [0.2, 0.25) is 5.91 Å². The highest BCUT2D eigenvalue weighted by Gasteiger charge is 2.25. The van der Waals surface area contributed by atoms with Crippen LogP contribution in [0.4, 0.5) is 0 Å². The van der Waals surface area contributed by atoms with Crippen molar-refractivity contribution in [3.8, 4) is 0 Å². The smallest absolute Gasteiger partial charge is 0.227 e. The lowest BCUT2D eigenvalue weighted by atomic mass is 9.85. The van der Waals surface area contributed by atoms with Crippen LogP contribution >= 0.6 is 12.4 Å². The molecule has 0 aromatic heterocycles. The number of halogens is 1. The van der Waals surface area contributed by atoms with Gasteiger partial charge in [-0.1, -0.05) is 57.5 Å². The van der Waals surface area contributed by atoms with Gasteiger partial charge in [0.1, 0.15) is 0 Å². The number of hydrogen-bond acceptors (Lipinski definition) is 2. The van der Waals surface area contributed by atoms with Crippen LogP contribution in [-0.4, -0.2) is 25.5 Å². The lowest BCUT2D eigenvalue weighted by molar-refractivity contribution is -0.123. The molecule has 0 radical (unpaired) electrons. The molecule has 0 fully saturated rings. The predicted molar refractivity (Wildman–Crippen MR) is 87.4 cm³/mol.